The molecule has 0 aliphatic carbocycles. The number of piperidine rings is 2. The highest BCUT2D eigenvalue weighted by Gasteiger charge is 2.29. The molecule has 4 rings (SSSR count). The molecule has 2 aromatic rings. The van der Waals surface area contributed by atoms with Crippen molar-refractivity contribution in [2.75, 3.05) is 38.0 Å². The molecule has 0 saturated carbocycles. The fourth-order valence-corrected chi connectivity index (χ4v) is 6.46. The van der Waals surface area contributed by atoms with Gasteiger partial charge in [-0.15, -0.1) is 0 Å². The first-order chi connectivity index (χ1) is 16.8. The number of likely N-dealkylation sites (tertiary alicyclic amines) is 1. The Kier molecular flexibility index (Phi) is 8.20. The molecule has 2 N–H and O–H groups in total. The van der Waals surface area contributed by atoms with Gasteiger partial charge in [-0.05, 0) is 62.4 Å². The minimum Gasteiger partial charge on any atom is -0.349 e. The molecule has 2 aromatic carbocycles. The first kappa shape index (κ1) is 25.3. The number of sulfonamides is 1. The van der Waals surface area contributed by atoms with E-state index in [1.807, 2.05) is 30.3 Å². The summed E-state index contributed by atoms with van der Waals surface area (Å²) in [6.45, 7) is 4.54. The van der Waals surface area contributed by atoms with Gasteiger partial charge in [0.15, 0.2) is 0 Å². The number of carbonyl (C=O) groups excluding carboxylic acids is 2. The molecule has 2 fully saturated rings. The molecule has 2 aliphatic heterocycles. The molecule has 0 spiro atoms. The number of rotatable bonds is 7. The van der Waals surface area contributed by atoms with Gasteiger partial charge in [0.25, 0.3) is 5.91 Å². The number of benzene rings is 2. The van der Waals surface area contributed by atoms with Crippen LogP contribution in [0.3, 0.4) is 0 Å². The van der Waals surface area contributed by atoms with Crippen LogP contribution in [0.4, 0.5) is 5.69 Å². The Balaban J connectivity index is 1.31. The summed E-state index contributed by atoms with van der Waals surface area (Å²) in [6, 6.07) is 14.3. The number of anilines is 1. The van der Waals surface area contributed by atoms with Crippen molar-refractivity contribution in [1.82, 2.24) is 14.5 Å². The number of para-hydroxylation sites is 1. The van der Waals surface area contributed by atoms with Crippen LogP contribution in [0.1, 0.15) is 48.0 Å². The van der Waals surface area contributed by atoms with E-state index in [-0.39, 0.29) is 22.8 Å². The number of nitrogens with zero attached hydrogens (tertiary/aromatic N) is 2. The van der Waals surface area contributed by atoms with Gasteiger partial charge < -0.3 is 10.6 Å². The maximum Gasteiger partial charge on any atom is 0.251 e. The highest BCUT2D eigenvalue weighted by Crippen LogP contribution is 2.24. The monoisotopic (exact) mass is 498 g/mol. The second-order valence-electron chi connectivity index (χ2n) is 9.38. The summed E-state index contributed by atoms with van der Waals surface area (Å²) in [7, 11) is -3.61. The number of carbonyl (C=O) groups is 2. The van der Waals surface area contributed by atoms with Gasteiger partial charge in [0.2, 0.25) is 15.9 Å². The van der Waals surface area contributed by atoms with Crippen molar-refractivity contribution in [2.45, 2.75) is 50.0 Å². The van der Waals surface area contributed by atoms with E-state index in [4.69, 9.17) is 0 Å². The molecule has 2 aliphatic rings. The third kappa shape index (κ3) is 6.48. The zero-order valence-electron chi connectivity index (χ0n) is 20.2. The summed E-state index contributed by atoms with van der Waals surface area (Å²) < 4.78 is 27.9. The van der Waals surface area contributed by atoms with E-state index in [2.05, 4.69) is 15.5 Å². The molecule has 188 valence electrons. The molecule has 2 saturated heterocycles. The van der Waals surface area contributed by atoms with Crippen LogP contribution in [0.2, 0.25) is 0 Å². The van der Waals surface area contributed by atoms with Gasteiger partial charge in [-0.25, -0.2) is 8.42 Å². The lowest BCUT2D eigenvalue weighted by molar-refractivity contribution is -0.117. The topological polar surface area (TPSA) is 98.8 Å². The van der Waals surface area contributed by atoms with Crippen molar-refractivity contribution in [3.05, 3.63) is 59.7 Å². The predicted molar refractivity (Wildman–Crippen MR) is 136 cm³/mol. The SMILES string of the molecule is Cc1ccc(C(=O)NC2CCN(CC(=O)Nc3ccccc3)CC2)cc1S(=O)(=O)N1CCCCC1. The summed E-state index contributed by atoms with van der Waals surface area (Å²) in [4.78, 5) is 27.5. The van der Waals surface area contributed by atoms with Gasteiger partial charge >= 0.3 is 0 Å². The third-order valence-electron chi connectivity index (χ3n) is 6.73. The molecule has 0 bridgehead atoms. The van der Waals surface area contributed by atoms with Crippen LogP contribution in [0.15, 0.2) is 53.4 Å². The lowest BCUT2D eigenvalue weighted by Crippen LogP contribution is -2.46. The van der Waals surface area contributed by atoms with E-state index in [9.17, 15) is 18.0 Å². The Morgan fingerprint density at radius 3 is 2.31 bits per heavy atom. The maximum atomic E-state index is 13.2. The largest absolute Gasteiger partial charge is 0.349 e. The van der Waals surface area contributed by atoms with Crippen LogP contribution in [-0.4, -0.2) is 68.2 Å². The Labute approximate surface area is 207 Å². The Hall–Kier alpha value is -2.75. The first-order valence-corrected chi connectivity index (χ1v) is 13.8. The van der Waals surface area contributed by atoms with Crippen molar-refractivity contribution in [2.24, 2.45) is 0 Å². The van der Waals surface area contributed by atoms with Crippen LogP contribution >= 0.6 is 0 Å². The quantitative estimate of drug-likeness (QED) is 0.612. The van der Waals surface area contributed by atoms with E-state index in [1.54, 1.807) is 19.1 Å². The number of nitrogens with one attached hydrogen (secondary N) is 2. The molecule has 2 amide bonds. The minimum absolute atomic E-state index is 0.0145. The highest BCUT2D eigenvalue weighted by molar-refractivity contribution is 7.89. The fourth-order valence-electron chi connectivity index (χ4n) is 4.69. The van der Waals surface area contributed by atoms with E-state index < -0.39 is 10.0 Å². The zero-order chi connectivity index (χ0) is 24.8. The standard InChI is InChI=1S/C26H34N4O4S/c1-20-10-11-21(18-24(20)35(33,34)30-14-6-3-7-15-30)26(32)28-23-12-16-29(17-13-23)19-25(31)27-22-8-4-2-5-9-22/h2,4-5,8-11,18,23H,3,6-7,12-17,19H2,1H3,(H,27,31)(H,28,32). The van der Waals surface area contributed by atoms with Crippen molar-refractivity contribution in [3.8, 4) is 0 Å². The Morgan fingerprint density at radius 2 is 1.63 bits per heavy atom. The van der Waals surface area contributed by atoms with Crippen LogP contribution in [0.5, 0.6) is 0 Å². The smallest absolute Gasteiger partial charge is 0.251 e. The number of aryl methyl sites for hydroxylation is 1. The Morgan fingerprint density at radius 1 is 0.943 bits per heavy atom. The van der Waals surface area contributed by atoms with Crippen LogP contribution in [-0.2, 0) is 14.8 Å². The van der Waals surface area contributed by atoms with E-state index in [0.29, 0.717) is 43.9 Å². The van der Waals surface area contributed by atoms with Gasteiger partial charge in [0, 0.05) is 43.5 Å². The van der Waals surface area contributed by atoms with Gasteiger partial charge in [0.1, 0.15) is 0 Å². The fraction of sp³-hybridized carbons (Fsp3) is 0.462. The summed E-state index contributed by atoms with van der Waals surface area (Å²) in [5, 5.41) is 5.95. The van der Waals surface area contributed by atoms with Gasteiger partial charge in [-0.3, -0.25) is 14.5 Å². The Bertz CT molecular complexity index is 1140. The van der Waals surface area contributed by atoms with E-state index in [1.165, 1.54) is 10.4 Å². The second kappa shape index (κ2) is 11.3. The average Bonchev–Trinajstić information content (AvgIpc) is 2.86. The molecule has 35 heavy (non-hydrogen) atoms. The van der Waals surface area contributed by atoms with Crippen LogP contribution in [0, 0.1) is 6.92 Å². The molecule has 2 heterocycles. The first-order valence-electron chi connectivity index (χ1n) is 12.3. The molecule has 9 heteroatoms. The molecule has 0 aromatic heterocycles. The van der Waals surface area contributed by atoms with Gasteiger partial charge in [0.05, 0.1) is 11.4 Å². The maximum absolute atomic E-state index is 13.2. The second-order valence-corrected chi connectivity index (χ2v) is 11.3. The molecule has 8 nitrogen and oxygen atoms in total. The summed E-state index contributed by atoms with van der Waals surface area (Å²) in [6.07, 6.45) is 4.24. The number of hydrogen-bond donors (Lipinski definition) is 2. The van der Waals surface area contributed by atoms with E-state index >= 15 is 0 Å². The lowest BCUT2D eigenvalue weighted by atomic mass is 10.0. The van der Waals surface area contributed by atoms with E-state index in [0.717, 1.165) is 37.8 Å². The minimum atomic E-state index is -3.61. The third-order valence-corrected chi connectivity index (χ3v) is 8.77. The molecule has 0 unspecified atom stereocenters. The molecular formula is C26H34N4O4S. The summed E-state index contributed by atoms with van der Waals surface area (Å²) in [5.74, 6) is -0.318. The van der Waals surface area contributed by atoms with Gasteiger partial charge in [-0.2, -0.15) is 4.31 Å². The number of amides is 2. The van der Waals surface area contributed by atoms with Crippen molar-refractivity contribution < 1.29 is 18.0 Å². The molecule has 0 radical (unpaired) electrons. The van der Waals surface area contributed by atoms with Crippen molar-refractivity contribution >= 4 is 27.5 Å². The van der Waals surface area contributed by atoms with Crippen molar-refractivity contribution in [3.63, 3.8) is 0 Å². The molecule has 0 atom stereocenters. The van der Waals surface area contributed by atoms with Gasteiger partial charge in [-0.1, -0.05) is 30.7 Å². The zero-order valence-corrected chi connectivity index (χ0v) is 21.0. The molecular weight excluding hydrogens is 464 g/mol. The van der Waals surface area contributed by atoms with Crippen molar-refractivity contribution in [1.29, 1.82) is 0 Å². The summed E-state index contributed by atoms with van der Waals surface area (Å²) in [5.41, 5.74) is 1.78. The number of hydrogen-bond acceptors (Lipinski definition) is 5. The average molecular weight is 499 g/mol. The predicted octanol–water partition coefficient (Wildman–Crippen LogP) is 3.00. The lowest BCUT2D eigenvalue weighted by Gasteiger charge is -2.32. The highest BCUT2D eigenvalue weighted by atomic mass is 32.2. The normalized spacial score (nSPS) is 18.2. The summed E-state index contributed by atoms with van der Waals surface area (Å²) >= 11 is 0. The van der Waals surface area contributed by atoms with Crippen LogP contribution < -0.4 is 10.6 Å². The van der Waals surface area contributed by atoms with Crippen LogP contribution in [0.25, 0.3) is 0 Å².